The summed E-state index contributed by atoms with van der Waals surface area (Å²) < 4.78 is 12.4. The summed E-state index contributed by atoms with van der Waals surface area (Å²) in [5.41, 5.74) is 5.41. The van der Waals surface area contributed by atoms with Gasteiger partial charge in [-0.3, -0.25) is 0 Å². The summed E-state index contributed by atoms with van der Waals surface area (Å²) >= 11 is 0. The van der Waals surface area contributed by atoms with E-state index in [1.807, 2.05) is 12.1 Å². The van der Waals surface area contributed by atoms with Crippen molar-refractivity contribution in [3.63, 3.8) is 0 Å². The first-order valence-corrected chi connectivity index (χ1v) is 10.2. The van der Waals surface area contributed by atoms with Gasteiger partial charge in [0.25, 0.3) is 0 Å². The Hall–Kier alpha value is -0.996. The Kier molecular flexibility index (Phi) is 5.11. The van der Waals surface area contributed by atoms with Crippen molar-refractivity contribution >= 4 is 12.6 Å². The van der Waals surface area contributed by atoms with Gasteiger partial charge in [0.15, 0.2) is 0 Å². The molecule has 2 heterocycles. The number of rotatable bonds is 2. The molecule has 1 aromatic heterocycles. The van der Waals surface area contributed by atoms with Gasteiger partial charge in [0.1, 0.15) is 0 Å². The van der Waals surface area contributed by atoms with Gasteiger partial charge in [-0.25, -0.2) is 0 Å². The number of hydrogen-bond donors (Lipinski definition) is 0. The van der Waals surface area contributed by atoms with E-state index < -0.39 is 0 Å². The molecule has 1 aliphatic heterocycles. The smallest absolute Gasteiger partial charge is 0.400 e. The summed E-state index contributed by atoms with van der Waals surface area (Å²) in [6.07, 6.45) is 7.46. The fourth-order valence-corrected chi connectivity index (χ4v) is 4.80. The fourth-order valence-electron chi connectivity index (χ4n) is 4.80. The molecule has 1 saturated carbocycles. The van der Waals surface area contributed by atoms with Gasteiger partial charge in [-0.1, -0.05) is 6.07 Å². The Labute approximate surface area is 182 Å². The maximum absolute atomic E-state index is 6.22. The van der Waals surface area contributed by atoms with Crippen LogP contribution in [0.15, 0.2) is 30.5 Å². The van der Waals surface area contributed by atoms with E-state index in [1.165, 1.54) is 36.8 Å². The maximum atomic E-state index is 6.22. The Morgan fingerprint density at radius 1 is 0.964 bits per heavy atom. The Morgan fingerprint density at radius 3 is 2.21 bits per heavy atom. The molecule has 149 valence electrons. The van der Waals surface area contributed by atoms with Gasteiger partial charge < -0.3 is 14.3 Å². The molecule has 0 spiro atoms. The van der Waals surface area contributed by atoms with Gasteiger partial charge in [-0.05, 0) is 82.0 Å². The van der Waals surface area contributed by atoms with Crippen molar-refractivity contribution in [3.8, 4) is 11.3 Å². The van der Waals surface area contributed by atoms with Crippen LogP contribution in [0.4, 0.5) is 0 Å². The normalized spacial score (nSPS) is 26.6. The zero-order chi connectivity index (χ0) is 18.8. The van der Waals surface area contributed by atoms with E-state index in [2.05, 4.69) is 52.1 Å². The molecule has 0 unspecified atom stereocenters. The summed E-state index contributed by atoms with van der Waals surface area (Å²) in [5.74, 6) is 1.45. The fraction of sp³-hybridized carbons (Fsp3) is 0.522. The minimum absolute atomic E-state index is 0. The molecular formula is C23H27BIrNO2-. The third-order valence-electron chi connectivity index (χ3n) is 7.20. The average Bonchev–Trinajstić information content (AvgIpc) is 2.90. The van der Waals surface area contributed by atoms with E-state index >= 15 is 0 Å². The van der Waals surface area contributed by atoms with Crippen LogP contribution in [0.5, 0.6) is 0 Å². The zero-order valence-corrected chi connectivity index (χ0v) is 19.4. The Morgan fingerprint density at radius 2 is 1.57 bits per heavy atom. The van der Waals surface area contributed by atoms with E-state index in [9.17, 15) is 0 Å². The minimum Gasteiger partial charge on any atom is -0.400 e. The number of pyridine rings is 1. The monoisotopic (exact) mass is 553 g/mol. The molecule has 3 aliphatic carbocycles. The van der Waals surface area contributed by atoms with Gasteiger partial charge in [0.2, 0.25) is 0 Å². The topological polar surface area (TPSA) is 31.4 Å². The van der Waals surface area contributed by atoms with Crippen molar-refractivity contribution in [2.24, 2.45) is 0 Å². The van der Waals surface area contributed by atoms with E-state index in [4.69, 9.17) is 14.3 Å². The molecule has 2 fully saturated rings. The predicted molar refractivity (Wildman–Crippen MR) is 108 cm³/mol. The van der Waals surface area contributed by atoms with Crippen molar-refractivity contribution in [2.75, 3.05) is 0 Å². The standard InChI is InChI=1S/C23H27BNO2.Ir/c1-22(2)23(3,4)27-24(26-22)18-7-5-6-17(12-18)21-13-19-15-8-10-16(11-9-15)20(19)14-25-21;/h5,7,12-16H,8-11H2,1-4H3;/q-1;. The van der Waals surface area contributed by atoms with Crippen molar-refractivity contribution in [3.05, 3.63) is 47.7 Å². The molecule has 1 radical (unpaired) electrons. The molecule has 0 amide bonds. The van der Waals surface area contributed by atoms with Gasteiger partial charge in [-0.2, -0.15) is 0 Å². The van der Waals surface area contributed by atoms with Crippen LogP contribution in [0.2, 0.25) is 0 Å². The number of fused-ring (bicyclic) bond motifs is 2. The second-order valence-electron chi connectivity index (χ2n) is 9.37. The first-order chi connectivity index (χ1) is 12.8. The Balaban J connectivity index is 0.00000192. The summed E-state index contributed by atoms with van der Waals surface area (Å²) in [6.45, 7) is 8.35. The summed E-state index contributed by atoms with van der Waals surface area (Å²) in [6, 6.07) is 11.8. The second-order valence-corrected chi connectivity index (χ2v) is 9.37. The van der Waals surface area contributed by atoms with E-state index in [0.717, 1.165) is 28.6 Å². The van der Waals surface area contributed by atoms with Gasteiger partial charge in [0, 0.05) is 26.3 Å². The number of benzene rings is 1. The van der Waals surface area contributed by atoms with E-state index in [-0.39, 0.29) is 38.4 Å². The molecule has 0 N–H and O–H groups in total. The van der Waals surface area contributed by atoms with Gasteiger partial charge in [0.05, 0.1) is 11.2 Å². The number of nitrogens with zero attached hydrogens (tertiary/aromatic N) is 1. The van der Waals surface area contributed by atoms with Crippen molar-refractivity contribution < 1.29 is 29.4 Å². The summed E-state index contributed by atoms with van der Waals surface area (Å²) in [5, 5.41) is 0. The molecule has 1 aromatic carbocycles. The molecule has 0 atom stereocenters. The second kappa shape index (κ2) is 7.06. The summed E-state index contributed by atoms with van der Waals surface area (Å²) in [7, 11) is -0.350. The number of hydrogen-bond acceptors (Lipinski definition) is 3. The quantitative estimate of drug-likeness (QED) is 0.403. The first-order valence-electron chi connectivity index (χ1n) is 10.2. The largest absolute Gasteiger partial charge is 0.475 e. The molecule has 2 aromatic rings. The molecular weight excluding hydrogens is 525 g/mol. The minimum atomic E-state index is -0.350. The van der Waals surface area contributed by atoms with Crippen LogP contribution < -0.4 is 5.46 Å². The van der Waals surface area contributed by atoms with Crippen LogP contribution in [0.3, 0.4) is 0 Å². The third kappa shape index (κ3) is 3.21. The average molecular weight is 553 g/mol. The van der Waals surface area contributed by atoms with Gasteiger partial charge >= 0.3 is 7.12 Å². The molecule has 2 bridgehead atoms. The summed E-state index contributed by atoms with van der Waals surface area (Å²) in [4.78, 5) is 4.79. The van der Waals surface area contributed by atoms with Crippen molar-refractivity contribution in [1.29, 1.82) is 0 Å². The Bertz CT molecular complexity index is 874. The zero-order valence-electron chi connectivity index (χ0n) is 17.0. The molecule has 3 nitrogen and oxygen atoms in total. The van der Waals surface area contributed by atoms with Crippen LogP contribution in [-0.4, -0.2) is 23.3 Å². The van der Waals surface area contributed by atoms with Crippen LogP contribution in [0, 0.1) is 6.07 Å². The first kappa shape index (κ1) is 20.3. The molecule has 6 rings (SSSR count). The van der Waals surface area contributed by atoms with Crippen molar-refractivity contribution in [1.82, 2.24) is 4.98 Å². The maximum Gasteiger partial charge on any atom is 0.475 e. The molecule has 5 heteroatoms. The SMILES string of the molecule is CC1(C)OB(c2cc[c-]c(-c3cc4c(cn3)C3CCC4CC3)c2)OC1(C)C.[Ir]. The molecule has 28 heavy (non-hydrogen) atoms. The molecule has 1 saturated heterocycles. The van der Waals surface area contributed by atoms with E-state index in [0.29, 0.717) is 0 Å². The van der Waals surface area contributed by atoms with Crippen molar-refractivity contribution in [2.45, 2.75) is 76.4 Å². The number of aromatic nitrogens is 1. The van der Waals surface area contributed by atoms with Crippen LogP contribution in [0.25, 0.3) is 11.3 Å². The molecule has 4 aliphatic rings. The predicted octanol–water partition coefficient (Wildman–Crippen LogP) is 4.60. The van der Waals surface area contributed by atoms with Gasteiger partial charge in [-0.15, -0.1) is 35.3 Å². The third-order valence-corrected chi connectivity index (χ3v) is 7.20. The van der Waals surface area contributed by atoms with E-state index in [1.54, 1.807) is 0 Å². The van der Waals surface area contributed by atoms with Crippen LogP contribution in [0.1, 0.15) is 76.3 Å². The van der Waals surface area contributed by atoms with Crippen LogP contribution in [-0.2, 0) is 29.4 Å². The van der Waals surface area contributed by atoms with Crippen LogP contribution >= 0.6 is 0 Å².